The van der Waals surface area contributed by atoms with Crippen molar-refractivity contribution >= 4 is 17.4 Å². The largest absolute Gasteiger partial charge is 0.394 e. The molecule has 94 valence electrons. The monoisotopic (exact) mass is 263 g/mol. The summed E-state index contributed by atoms with van der Waals surface area (Å²) < 4.78 is 20.1. The highest BCUT2D eigenvalue weighted by atomic mass is 35.5. The van der Waals surface area contributed by atoms with E-state index in [-0.39, 0.29) is 18.8 Å². The zero-order valence-electron chi connectivity index (χ0n) is 8.72. The van der Waals surface area contributed by atoms with E-state index >= 15 is 0 Å². The molecule has 0 bridgehead atoms. The van der Waals surface area contributed by atoms with Crippen LogP contribution in [0.3, 0.4) is 0 Å². The molecule has 1 aliphatic rings. The van der Waals surface area contributed by atoms with Gasteiger partial charge in [0, 0.05) is 12.6 Å². The zero-order valence-corrected chi connectivity index (χ0v) is 9.47. The maximum atomic E-state index is 14.0. The van der Waals surface area contributed by atoms with E-state index in [1.54, 1.807) is 0 Å². The van der Waals surface area contributed by atoms with Crippen molar-refractivity contribution in [2.45, 2.75) is 23.9 Å². The van der Waals surface area contributed by atoms with Crippen LogP contribution in [-0.4, -0.2) is 32.5 Å². The number of hydrogen-bond acceptors (Lipinski definition) is 5. The number of ether oxygens (including phenoxy) is 1. The van der Waals surface area contributed by atoms with E-state index in [0.29, 0.717) is 0 Å². The first-order valence-electron chi connectivity index (χ1n) is 4.93. The van der Waals surface area contributed by atoms with E-state index < -0.39 is 23.1 Å². The summed E-state index contributed by atoms with van der Waals surface area (Å²) in [6, 6.07) is 1.34. The number of nitrogens with zero attached hydrogens (tertiary/aromatic N) is 2. The van der Waals surface area contributed by atoms with E-state index in [0.717, 1.165) is 4.57 Å². The van der Waals surface area contributed by atoms with Crippen LogP contribution in [0.5, 0.6) is 0 Å². The van der Waals surface area contributed by atoms with Crippen molar-refractivity contribution in [1.29, 1.82) is 0 Å². The second kappa shape index (κ2) is 4.25. The molecule has 8 heteroatoms. The van der Waals surface area contributed by atoms with Crippen molar-refractivity contribution in [3.05, 3.63) is 22.7 Å². The molecule has 0 aliphatic carbocycles. The summed E-state index contributed by atoms with van der Waals surface area (Å²) in [5.74, 6) is 0.0296. The molecule has 0 radical (unpaired) electrons. The predicted molar refractivity (Wildman–Crippen MR) is 58.2 cm³/mol. The van der Waals surface area contributed by atoms with Crippen LogP contribution in [0.1, 0.15) is 12.6 Å². The third-order valence-electron chi connectivity index (χ3n) is 2.49. The molecule has 2 heterocycles. The van der Waals surface area contributed by atoms with E-state index in [2.05, 4.69) is 4.98 Å². The first-order valence-corrected chi connectivity index (χ1v) is 5.30. The Morgan fingerprint density at radius 3 is 3.06 bits per heavy atom. The van der Waals surface area contributed by atoms with Crippen LogP contribution in [0.15, 0.2) is 17.1 Å². The van der Waals surface area contributed by atoms with Crippen molar-refractivity contribution in [1.82, 2.24) is 9.55 Å². The summed E-state index contributed by atoms with van der Waals surface area (Å²) in [6.45, 7) is -0.369. The van der Waals surface area contributed by atoms with E-state index in [4.69, 9.17) is 27.2 Å². The fourth-order valence-electron chi connectivity index (χ4n) is 1.72. The Kier molecular flexibility index (Phi) is 3.07. The van der Waals surface area contributed by atoms with Crippen molar-refractivity contribution in [3.8, 4) is 0 Å². The van der Waals surface area contributed by atoms with Gasteiger partial charge >= 0.3 is 5.69 Å². The van der Waals surface area contributed by atoms with E-state index in [1.165, 1.54) is 12.3 Å². The van der Waals surface area contributed by atoms with Crippen molar-refractivity contribution < 1.29 is 14.2 Å². The first kappa shape index (κ1) is 12.3. The number of nitrogens with two attached hydrogens (primary N) is 1. The summed E-state index contributed by atoms with van der Waals surface area (Å²) in [4.78, 5) is 15.0. The summed E-state index contributed by atoms with van der Waals surface area (Å²) in [5.41, 5.74) is 4.56. The van der Waals surface area contributed by atoms with Crippen LogP contribution in [0.4, 0.5) is 10.2 Å². The van der Waals surface area contributed by atoms with Gasteiger partial charge in [0.1, 0.15) is 5.82 Å². The van der Waals surface area contributed by atoms with Gasteiger partial charge in [0.2, 0.25) is 5.13 Å². The van der Waals surface area contributed by atoms with Gasteiger partial charge in [0.05, 0.1) is 12.7 Å². The first-order chi connectivity index (χ1) is 7.94. The molecular weight excluding hydrogens is 253 g/mol. The summed E-state index contributed by atoms with van der Waals surface area (Å²) in [6.07, 6.45) is -1.01. The average Bonchev–Trinajstić information content (AvgIpc) is 2.54. The van der Waals surface area contributed by atoms with Crippen molar-refractivity contribution in [2.75, 3.05) is 12.3 Å². The number of alkyl halides is 2. The van der Waals surface area contributed by atoms with Crippen LogP contribution in [0.25, 0.3) is 0 Å². The van der Waals surface area contributed by atoms with Gasteiger partial charge in [0.15, 0.2) is 6.23 Å². The number of nitrogen functional groups attached to an aromatic ring is 1. The van der Waals surface area contributed by atoms with Gasteiger partial charge in [-0.1, -0.05) is 11.6 Å². The second-order valence-corrected chi connectivity index (χ2v) is 4.43. The highest BCUT2D eigenvalue weighted by Gasteiger charge is 2.49. The molecule has 0 aromatic carbocycles. The maximum absolute atomic E-state index is 14.0. The molecule has 0 unspecified atom stereocenters. The molecule has 2 rings (SSSR count). The van der Waals surface area contributed by atoms with Gasteiger partial charge in [-0.15, -0.1) is 0 Å². The summed E-state index contributed by atoms with van der Waals surface area (Å²) in [5, 5.41) is 6.65. The topological polar surface area (TPSA) is 90.4 Å². The standard InChI is InChI=1S/C9H11ClFN3O3/c10-9(11)3-5(4-15)17-7(9)14-2-1-6(12)13-8(14)16/h1-2,5,7,15H,3-4H2,(H2,12,13,16)/t5-,7+,9+/m0/s1. The maximum Gasteiger partial charge on any atom is 0.351 e. The van der Waals surface area contributed by atoms with Crippen LogP contribution in [0.2, 0.25) is 0 Å². The molecule has 0 saturated carbocycles. The van der Waals surface area contributed by atoms with Crippen molar-refractivity contribution in [3.63, 3.8) is 0 Å². The number of anilines is 1. The zero-order chi connectivity index (χ0) is 12.6. The van der Waals surface area contributed by atoms with Gasteiger partial charge in [-0.3, -0.25) is 4.57 Å². The van der Waals surface area contributed by atoms with Gasteiger partial charge < -0.3 is 15.6 Å². The Balaban J connectivity index is 2.37. The fourth-order valence-corrected chi connectivity index (χ4v) is 2.04. The molecule has 1 aromatic rings. The minimum absolute atomic E-state index is 0.0296. The highest BCUT2D eigenvalue weighted by molar-refractivity contribution is 6.23. The Morgan fingerprint density at radius 2 is 2.53 bits per heavy atom. The van der Waals surface area contributed by atoms with Gasteiger partial charge in [0.25, 0.3) is 0 Å². The summed E-state index contributed by atoms with van der Waals surface area (Å²) >= 11 is 5.63. The molecule has 0 amide bonds. The van der Waals surface area contributed by atoms with Gasteiger partial charge in [-0.2, -0.15) is 4.98 Å². The number of aliphatic hydroxyl groups excluding tert-OH is 1. The molecule has 1 saturated heterocycles. The van der Waals surface area contributed by atoms with Crippen LogP contribution in [0, 0.1) is 0 Å². The Bertz CT molecular complexity index is 479. The van der Waals surface area contributed by atoms with Gasteiger partial charge in [-0.05, 0) is 6.07 Å². The number of rotatable bonds is 2. The second-order valence-electron chi connectivity index (χ2n) is 3.80. The predicted octanol–water partition coefficient (Wildman–Crippen LogP) is 0.00990. The van der Waals surface area contributed by atoms with Gasteiger partial charge in [-0.25, -0.2) is 9.18 Å². The third kappa shape index (κ3) is 2.26. The average molecular weight is 264 g/mol. The fraction of sp³-hybridized carbons (Fsp3) is 0.556. The van der Waals surface area contributed by atoms with E-state index in [9.17, 15) is 9.18 Å². The minimum Gasteiger partial charge on any atom is -0.394 e. The van der Waals surface area contributed by atoms with Crippen LogP contribution < -0.4 is 11.4 Å². The quantitative estimate of drug-likeness (QED) is 0.734. The molecule has 3 N–H and O–H groups in total. The summed E-state index contributed by atoms with van der Waals surface area (Å²) in [7, 11) is 0. The molecule has 0 spiro atoms. The number of aliphatic hydroxyl groups is 1. The highest BCUT2D eigenvalue weighted by Crippen LogP contribution is 2.43. The van der Waals surface area contributed by atoms with Crippen LogP contribution in [-0.2, 0) is 4.74 Å². The molecule has 6 nitrogen and oxygen atoms in total. The van der Waals surface area contributed by atoms with Crippen LogP contribution >= 0.6 is 11.6 Å². The number of hydrogen-bond donors (Lipinski definition) is 2. The lowest BCUT2D eigenvalue weighted by Gasteiger charge is -2.20. The third-order valence-corrected chi connectivity index (χ3v) is 2.83. The number of halogens is 2. The normalized spacial score (nSPS) is 32.9. The Hall–Kier alpha value is -1.18. The molecule has 1 aliphatic heterocycles. The SMILES string of the molecule is Nc1ccn([C@@H]2O[C@H](CO)C[C@]2(F)Cl)c(=O)n1. The lowest BCUT2D eigenvalue weighted by molar-refractivity contribution is -0.0466. The Labute approximate surface area is 101 Å². The Morgan fingerprint density at radius 1 is 1.82 bits per heavy atom. The lowest BCUT2D eigenvalue weighted by Crippen LogP contribution is -2.34. The molecule has 3 atom stereocenters. The molecule has 1 fully saturated rings. The number of aromatic nitrogens is 2. The van der Waals surface area contributed by atoms with Crippen molar-refractivity contribution in [2.24, 2.45) is 0 Å². The lowest BCUT2D eigenvalue weighted by atomic mass is 10.2. The molecular formula is C9H11ClFN3O3. The minimum atomic E-state index is -2.25. The molecule has 1 aromatic heterocycles. The van der Waals surface area contributed by atoms with E-state index in [1.807, 2.05) is 0 Å². The molecule has 17 heavy (non-hydrogen) atoms. The smallest absolute Gasteiger partial charge is 0.351 e.